The molecule has 0 saturated heterocycles. The van der Waals surface area contributed by atoms with Gasteiger partial charge in [0.15, 0.2) is 0 Å². The van der Waals surface area contributed by atoms with Crippen molar-refractivity contribution in [2.24, 2.45) is 5.73 Å². The zero-order chi connectivity index (χ0) is 15.2. The zero-order valence-corrected chi connectivity index (χ0v) is 11.8. The van der Waals surface area contributed by atoms with Gasteiger partial charge in [0.05, 0.1) is 4.92 Å². The van der Waals surface area contributed by atoms with E-state index in [9.17, 15) is 10.1 Å². The van der Waals surface area contributed by atoms with Gasteiger partial charge in [-0.3, -0.25) is 10.1 Å². The number of nitrogens with zero attached hydrogens (tertiary/aromatic N) is 1. The van der Waals surface area contributed by atoms with Crippen LogP contribution in [0.4, 0.5) is 11.4 Å². The summed E-state index contributed by atoms with van der Waals surface area (Å²) in [5, 5.41) is 14.1. The molecule has 0 amide bonds. The van der Waals surface area contributed by atoms with Crippen LogP contribution in [0.2, 0.25) is 5.02 Å². The summed E-state index contributed by atoms with van der Waals surface area (Å²) >= 11 is 6.21. The molecule has 0 saturated carbocycles. The molecule has 0 fully saturated rings. The third-order valence-corrected chi connectivity index (χ3v) is 3.07. The number of benzene rings is 2. The number of nitro benzene ring substituents is 1. The molecule has 7 heteroatoms. The standard InChI is InChI=1S/C14H14ClN3O3/c15-13-12(21-10-4-2-1-3-5-10)7-6-11(18(19)20)14(13)17-9-8-16/h1-7,17H,8-9,16H2. The molecule has 2 aromatic rings. The van der Waals surface area contributed by atoms with Gasteiger partial charge in [-0.2, -0.15) is 0 Å². The van der Waals surface area contributed by atoms with Crippen molar-refractivity contribution in [2.75, 3.05) is 18.4 Å². The van der Waals surface area contributed by atoms with Crippen molar-refractivity contribution in [3.63, 3.8) is 0 Å². The van der Waals surface area contributed by atoms with E-state index >= 15 is 0 Å². The minimum absolute atomic E-state index is 0.117. The van der Waals surface area contributed by atoms with Gasteiger partial charge < -0.3 is 15.8 Å². The molecule has 2 aromatic carbocycles. The maximum Gasteiger partial charge on any atom is 0.294 e. The van der Waals surface area contributed by atoms with Gasteiger partial charge in [0.1, 0.15) is 22.2 Å². The zero-order valence-electron chi connectivity index (χ0n) is 11.1. The molecule has 0 aliphatic heterocycles. The molecule has 0 bridgehead atoms. The van der Waals surface area contributed by atoms with Crippen molar-refractivity contribution in [1.82, 2.24) is 0 Å². The largest absolute Gasteiger partial charge is 0.456 e. The number of hydrogen-bond acceptors (Lipinski definition) is 5. The predicted octanol–water partition coefficient (Wildman–Crippen LogP) is 3.41. The fourth-order valence-corrected chi connectivity index (χ4v) is 2.02. The normalized spacial score (nSPS) is 10.2. The third-order valence-electron chi connectivity index (χ3n) is 2.70. The maximum absolute atomic E-state index is 11.0. The Bertz CT molecular complexity index is 635. The number of para-hydroxylation sites is 1. The van der Waals surface area contributed by atoms with Gasteiger partial charge in [-0.05, 0) is 18.2 Å². The van der Waals surface area contributed by atoms with E-state index in [1.54, 1.807) is 12.1 Å². The lowest BCUT2D eigenvalue weighted by atomic mass is 10.2. The molecule has 0 aliphatic rings. The van der Waals surface area contributed by atoms with Crippen LogP contribution in [-0.2, 0) is 0 Å². The van der Waals surface area contributed by atoms with E-state index in [2.05, 4.69) is 5.32 Å². The minimum Gasteiger partial charge on any atom is -0.456 e. The molecule has 0 atom stereocenters. The topological polar surface area (TPSA) is 90.4 Å². The second-order valence-electron chi connectivity index (χ2n) is 4.16. The van der Waals surface area contributed by atoms with Crippen molar-refractivity contribution in [1.29, 1.82) is 0 Å². The van der Waals surface area contributed by atoms with E-state index in [1.807, 2.05) is 18.2 Å². The molecular formula is C14H14ClN3O3. The Morgan fingerprint density at radius 2 is 1.95 bits per heavy atom. The highest BCUT2D eigenvalue weighted by atomic mass is 35.5. The van der Waals surface area contributed by atoms with Crippen molar-refractivity contribution in [3.8, 4) is 11.5 Å². The Kier molecular flexibility index (Phi) is 4.97. The maximum atomic E-state index is 11.0. The molecule has 0 unspecified atom stereocenters. The van der Waals surface area contributed by atoms with Crippen molar-refractivity contribution in [3.05, 3.63) is 57.6 Å². The third kappa shape index (κ3) is 3.62. The quantitative estimate of drug-likeness (QED) is 0.630. The fraction of sp³-hybridized carbons (Fsp3) is 0.143. The van der Waals surface area contributed by atoms with Crippen molar-refractivity contribution in [2.45, 2.75) is 0 Å². The molecule has 0 radical (unpaired) electrons. The highest BCUT2D eigenvalue weighted by Gasteiger charge is 2.20. The van der Waals surface area contributed by atoms with E-state index in [0.717, 1.165) is 0 Å². The van der Waals surface area contributed by atoms with Crippen LogP contribution >= 0.6 is 11.6 Å². The molecule has 2 rings (SSSR count). The van der Waals surface area contributed by atoms with E-state index < -0.39 is 4.92 Å². The molecule has 0 aromatic heterocycles. The summed E-state index contributed by atoms with van der Waals surface area (Å²) in [6, 6.07) is 11.9. The Morgan fingerprint density at radius 1 is 1.24 bits per heavy atom. The average molecular weight is 308 g/mol. The van der Waals surface area contributed by atoms with Crippen LogP contribution in [0.25, 0.3) is 0 Å². The summed E-state index contributed by atoms with van der Waals surface area (Å²) in [6.07, 6.45) is 0. The number of ether oxygens (including phenoxy) is 1. The number of halogens is 1. The summed E-state index contributed by atoms with van der Waals surface area (Å²) in [7, 11) is 0. The molecule has 6 nitrogen and oxygen atoms in total. The number of hydrogen-bond donors (Lipinski definition) is 2. The van der Waals surface area contributed by atoms with Crippen molar-refractivity contribution >= 4 is 23.0 Å². The Hall–Kier alpha value is -2.31. The lowest BCUT2D eigenvalue weighted by Crippen LogP contribution is -2.14. The van der Waals surface area contributed by atoms with Crippen LogP contribution in [0.15, 0.2) is 42.5 Å². The van der Waals surface area contributed by atoms with E-state index in [1.165, 1.54) is 12.1 Å². The molecule has 0 spiro atoms. The van der Waals surface area contributed by atoms with Gasteiger partial charge in [-0.25, -0.2) is 0 Å². The number of rotatable bonds is 6. The first-order chi connectivity index (χ1) is 10.1. The molecule has 3 N–H and O–H groups in total. The van der Waals surface area contributed by atoms with E-state index in [0.29, 0.717) is 24.6 Å². The molecule has 110 valence electrons. The lowest BCUT2D eigenvalue weighted by molar-refractivity contribution is -0.384. The number of nitro groups is 1. The highest BCUT2D eigenvalue weighted by Crippen LogP contribution is 2.40. The first-order valence-electron chi connectivity index (χ1n) is 6.27. The van der Waals surface area contributed by atoms with Gasteiger partial charge in [0.25, 0.3) is 5.69 Å². The first kappa shape index (κ1) is 15.1. The van der Waals surface area contributed by atoms with Crippen molar-refractivity contribution < 1.29 is 9.66 Å². The Morgan fingerprint density at radius 3 is 2.57 bits per heavy atom. The summed E-state index contributed by atoms with van der Waals surface area (Å²) in [5.41, 5.74) is 5.50. The number of nitrogens with two attached hydrogens (primary N) is 1. The van der Waals surface area contributed by atoms with Gasteiger partial charge in [0, 0.05) is 19.2 Å². The minimum atomic E-state index is -0.503. The van der Waals surface area contributed by atoms with Gasteiger partial charge in [-0.1, -0.05) is 29.8 Å². The molecule has 0 heterocycles. The van der Waals surface area contributed by atoms with Crippen LogP contribution in [0, 0.1) is 10.1 Å². The van der Waals surface area contributed by atoms with Crippen LogP contribution < -0.4 is 15.8 Å². The van der Waals surface area contributed by atoms with Gasteiger partial charge >= 0.3 is 0 Å². The van der Waals surface area contributed by atoms with E-state index in [-0.39, 0.29) is 16.4 Å². The molecule has 21 heavy (non-hydrogen) atoms. The SMILES string of the molecule is NCCNc1c([N+](=O)[O-])ccc(Oc2ccccc2)c1Cl. The first-order valence-corrected chi connectivity index (χ1v) is 6.65. The summed E-state index contributed by atoms with van der Waals surface area (Å²) in [4.78, 5) is 10.5. The Balaban J connectivity index is 2.37. The fourth-order valence-electron chi connectivity index (χ4n) is 1.76. The van der Waals surface area contributed by atoms with E-state index in [4.69, 9.17) is 22.1 Å². The number of anilines is 1. The summed E-state index contributed by atoms with van der Waals surface area (Å²) < 4.78 is 5.64. The lowest BCUT2D eigenvalue weighted by Gasteiger charge is -2.12. The number of nitrogens with one attached hydrogen (secondary N) is 1. The average Bonchev–Trinajstić information content (AvgIpc) is 2.48. The predicted molar refractivity (Wildman–Crippen MR) is 82.2 cm³/mol. The second-order valence-corrected chi connectivity index (χ2v) is 4.54. The summed E-state index contributed by atoms with van der Waals surface area (Å²) in [5.74, 6) is 0.936. The smallest absolute Gasteiger partial charge is 0.294 e. The van der Waals surface area contributed by atoms with Crippen LogP contribution in [0.3, 0.4) is 0 Å². The molecular weight excluding hydrogens is 294 g/mol. The monoisotopic (exact) mass is 307 g/mol. The van der Waals surface area contributed by atoms with Crippen LogP contribution in [-0.4, -0.2) is 18.0 Å². The van der Waals surface area contributed by atoms with Gasteiger partial charge in [-0.15, -0.1) is 0 Å². The Labute approximate surface area is 126 Å². The molecule has 0 aliphatic carbocycles. The summed E-state index contributed by atoms with van der Waals surface area (Å²) in [6.45, 7) is 0.701. The van der Waals surface area contributed by atoms with Gasteiger partial charge in [0.2, 0.25) is 0 Å². The van der Waals surface area contributed by atoms with Crippen LogP contribution in [0.5, 0.6) is 11.5 Å². The second kappa shape index (κ2) is 6.92. The highest BCUT2D eigenvalue weighted by molar-refractivity contribution is 6.35. The van der Waals surface area contributed by atoms with Crippen LogP contribution in [0.1, 0.15) is 0 Å².